The first-order chi connectivity index (χ1) is 5.46. The molecule has 0 aliphatic heterocycles. The van der Waals surface area contributed by atoms with Gasteiger partial charge in [-0.05, 0) is 0 Å². The smallest absolute Gasteiger partial charge is 0.241 e. The molecule has 1 aromatic heterocycles. The number of aryl methyl sites for hydroxylation is 1. The summed E-state index contributed by atoms with van der Waals surface area (Å²) in [5.74, 6) is 0. The second kappa shape index (κ2) is 2.85. The number of hydrogen-bond donors (Lipinski definition) is 2. The highest BCUT2D eigenvalue weighted by atomic mass is 32.2. The monoisotopic (exact) mass is 190 g/mol. The molecule has 1 heterocycles. The molecule has 7 heteroatoms. The number of sulfonamides is 1. The maximum absolute atomic E-state index is 10.9. The zero-order valence-corrected chi connectivity index (χ0v) is 7.37. The molecule has 0 unspecified atom stereocenters. The fourth-order valence-electron chi connectivity index (χ4n) is 0.913. The SMILES string of the molecule is Cn1ncc(S(N)(=O)=O)c1CN. The molecular weight excluding hydrogens is 180 g/mol. The largest absolute Gasteiger partial charge is 0.325 e. The lowest BCUT2D eigenvalue weighted by Crippen LogP contribution is -2.16. The molecule has 0 saturated heterocycles. The van der Waals surface area contributed by atoms with Crippen molar-refractivity contribution in [2.45, 2.75) is 11.4 Å². The Morgan fingerprint density at radius 1 is 1.67 bits per heavy atom. The predicted molar refractivity (Wildman–Crippen MR) is 42.5 cm³/mol. The molecule has 6 nitrogen and oxygen atoms in total. The Morgan fingerprint density at radius 3 is 2.58 bits per heavy atom. The van der Waals surface area contributed by atoms with Gasteiger partial charge < -0.3 is 5.73 Å². The highest BCUT2D eigenvalue weighted by Gasteiger charge is 2.16. The van der Waals surface area contributed by atoms with E-state index in [4.69, 9.17) is 10.9 Å². The van der Waals surface area contributed by atoms with Gasteiger partial charge in [-0.2, -0.15) is 5.10 Å². The first kappa shape index (κ1) is 9.17. The minimum Gasteiger partial charge on any atom is -0.325 e. The molecule has 0 radical (unpaired) electrons. The van der Waals surface area contributed by atoms with Crippen molar-refractivity contribution >= 4 is 10.0 Å². The number of primary sulfonamides is 1. The maximum Gasteiger partial charge on any atom is 0.241 e. The van der Waals surface area contributed by atoms with Gasteiger partial charge in [-0.15, -0.1) is 0 Å². The van der Waals surface area contributed by atoms with E-state index in [0.29, 0.717) is 5.69 Å². The van der Waals surface area contributed by atoms with Crippen molar-refractivity contribution in [2.75, 3.05) is 0 Å². The minimum absolute atomic E-state index is 0.00694. The lowest BCUT2D eigenvalue weighted by Gasteiger charge is -1.99. The van der Waals surface area contributed by atoms with Crippen LogP contribution in [0, 0.1) is 0 Å². The van der Waals surface area contributed by atoms with Gasteiger partial charge >= 0.3 is 0 Å². The second-order valence-corrected chi connectivity index (χ2v) is 3.86. The molecule has 1 aromatic rings. The van der Waals surface area contributed by atoms with Gasteiger partial charge in [-0.1, -0.05) is 0 Å². The summed E-state index contributed by atoms with van der Waals surface area (Å²) in [6.07, 6.45) is 1.19. The van der Waals surface area contributed by atoms with Crippen molar-refractivity contribution in [3.8, 4) is 0 Å². The van der Waals surface area contributed by atoms with Crippen molar-refractivity contribution in [1.82, 2.24) is 9.78 Å². The Hall–Kier alpha value is -0.920. The Balaban J connectivity index is 3.36. The molecule has 0 saturated carbocycles. The van der Waals surface area contributed by atoms with Gasteiger partial charge in [0.25, 0.3) is 0 Å². The van der Waals surface area contributed by atoms with E-state index in [2.05, 4.69) is 5.10 Å². The van der Waals surface area contributed by atoms with Gasteiger partial charge in [0.2, 0.25) is 10.0 Å². The van der Waals surface area contributed by atoms with Crippen molar-refractivity contribution in [1.29, 1.82) is 0 Å². The third-order valence-electron chi connectivity index (χ3n) is 1.52. The lowest BCUT2D eigenvalue weighted by atomic mass is 10.4. The summed E-state index contributed by atoms with van der Waals surface area (Å²) < 4.78 is 23.2. The maximum atomic E-state index is 10.9. The van der Waals surface area contributed by atoms with Crippen molar-refractivity contribution in [3.63, 3.8) is 0 Å². The van der Waals surface area contributed by atoms with Crippen LogP contribution in [-0.2, 0) is 23.6 Å². The molecule has 0 bridgehead atoms. The Kier molecular flexibility index (Phi) is 2.18. The average Bonchev–Trinajstić information content (AvgIpc) is 2.29. The first-order valence-corrected chi connectivity index (χ1v) is 4.75. The van der Waals surface area contributed by atoms with E-state index in [0.717, 1.165) is 0 Å². The Morgan fingerprint density at radius 2 is 2.25 bits per heavy atom. The Bertz CT molecular complexity index is 380. The van der Waals surface area contributed by atoms with Gasteiger partial charge in [-0.3, -0.25) is 4.68 Å². The number of nitrogens with two attached hydrogens (primary N) is 2. The van der Waals surface area contributed by atoms with Crippen LogP contribution in [0.25, 0.3) is 0 Å². The molecule has 68 valence electrons. The molecule has 12 heavy (non-hydrogen) atoms. The van der Waals surface area contributed by atoms with Crippen LogP contribution in [0.1, 0.15) is 5.69 Å². The number of hydrogen-bond acceptors (Lipinski definition) is 4. The number of aromatic nitrogens is 2. The third kappa shape index (κ3) is 1.47. The zero-order valence-electron chi connectivity index (χ0n) is 6.56. The van der Waals surface area contributed by atoms with Crippen molar-refractivity contribution in [3.05, 3.63) is 11.9 Å². The van der Waals surface area contributed by atoms with E-state index in [-0.39, 0.29) is 11.4 Å². The van der Waals surface area contributed by atoms with Crippen LogP contribution in [0.5, 0.6) is 0 Å². The first-order valence-electron chi connectivity index (χ1n) is 3.20. The fourth-order valence-corrected chi connectivity index (χ4v) is 1.65. The molecule has 0 fully saturated rings. The minimum atomic E-state index is -3.69. The van der Waals surface area contributed by atoms with Crippen LogP contribution in [0.4, 0.5) is 0 Å². The van der Waals surface area contributed by atoms with Crippen molar-refractivity contribution in [2.24, 2.45) is 17.9 Å². The molecule has 0 aliphatic carbocycles. The number of nitrogens with zero attached hydrogens (tertiary/aromatic N) is 2. The summed E-state index contributed by atoms with van der Waals surface area (Å²) in [4.78, 5) is -0.00694. The number of rotatable bonds is 2. The molecule has 0 aromatic carbocycles. The van der Waals surface area contributed by atoms with E-state index in [1.807, 2.05) is 0 Å². The molecule has 0 aliphatic rings. The average molecular weight is 190 g/mol. The van der Waals surface area contributed by atoms with Crippen LogP contribution < -0.4 is 10.9 Å². The third-order valence-corrected chi connectivity index (χ3v) is 2.48. The Labute approximate surface area is 70.2 Å². The molecule has 4 N–H and O–H groups in total. The predicted octanol–water partition coefficient (Wildman–Crippen LogP) is -1.47. The van der Waals surface area contributed by atoms with Gasteiger partial charge in [0.05, 0.1) is 11.9 Å². The standard InChI is InChI=1S/C5H10N4O2S/c1-9-4(2-6)5(3-8-9)12(7,10)11/h3H,2,6H2,1H3,(H2,7,10,11). The van der Waals surface area contributed by atoms with Crippen LogP contribution >= 0.6 is 0 Å². The summed E-state index contributed by atoms with van der Waals surface area (Å²) in [7, 11) is -2.08. The van der Waals surface area contributed by atoms with E-state index in [1.165, 1.54) is 10.9 Å². The van der Waals surface area contributed by atoms with Crippen LogP contribution in [-0.4, -0.2) is 18.2 Å². The van der Waals surface area contributed by atoms with Gasteiger partial charge in [-0.25, -0.2) is 13.6 Å². The molecular formula is C5H10N4O2S. The molecule has 0 atom stereocenters. The summed E-state index contributed by atoms with van der Waals surface area (Å²) in [5, 5.41) is 8.64. The molecule has 1 rings (SSSR count). The normalized spacial score (nSPS) is 11.9. The van der Waals surface area contributed by atoms with E-state index in [9.17, 15) is 8.42 Å². The van der Waals surface area contributed by atoms with E-state index >= 15 is 0 Å². The van der Waals surface area contributed by atoms with Gasteiger partial charge in [0, 0.05) is 13.6 Å². The summed E-state index contributed by atoms with van der Waals surface area (Å²) in [6.45, 7) is 0.0995. The van der Waals surface area contributed by atoms with Gasteiger partial charge in [0.15, 0.2) is 0 Å². The second-order valence-electron chi connectivity index (χ2n) is 2.33. The molecule has 0 spiro atoms. The van der Waals surface area contributed by atoms with Crippen LogP contribution in [0.2, 0.25) is 0 Å². The topological polar surface area (TPSA) is 104 Å². The van der Waals surface area contributed by atoms with Gasteiger partial charge in [0.1, 0.15) is 4.90 Å². The van der Waals surface area contributed by atoms with Crippen molar-refractivity contribution < 1.29 is 8.42 Å². The van der Waals surface area contributed by atoms with Crippen LogP contribution in [0.15, 0.2) is 11.1 Å². The lowest BCUT2D eigenvalue weighted by molar-refractivity contribution is 0.595. The zero-order chi connectivity index (χ0) is 9.35. The fraction of sp³-hybridized carbons (Fsp3) is 0.400. The molecule has 0 amide bonds. The summed E-state index contributed by atoms with van der Waals surface area (Å²) >= 11 is 0. The summed E-state index contributed by atoms with van der Waals surface area (Å²) in [5.41, 5.74) is 5.73. The highest BCUT2D eigenvalue weighted by molar-refractivity contribution is 7.89. The van der Waals surface area contributed by atoms with Crippen LogP contribution in [0.3, 0.4) is 0 Å². The highest BCUT2D eigenvalue weighted by Crippen LogP contribution is 2.10. The summed E-state index contributed by atoms with van der Waals surface area (Å²) in [6, 6.07) is 0. The quantitative estimate of drug-likeness (QED) is 0.593. The van der Waals surface area contributed by atoms with E-state index in [1.54, 1.807) is 7.05 Å². The van der Waals surface area contributed by atoms with E-state index < -0.39 is 10.0 Å².